The Morgan fingerprint density at radius 2 is 2.24 bits per heavy atom. The third kappa shape index (κ3) is 3.42. The molecule has 0 fully saturated rings. The summed E-state index contributed by atoms with van der Waals surface area (Å²) in [7, 11) is 0. The molecular formula is C16H18N4O. The largest absolute Gasteiger partial charge is 0.397 e. The molecule has 0 spiro atoms. The Hall–Kier alpha value is -2.74. The van der Waals surface area contributed by atoms with E-state index in [0.29, 0.717) is 17.8 Å². The smallest absolute Gasteiger partial charge is 0.272 e. The highest BCUT2D eigenvalue weighted by Crippen LogP contribution is 2.15. The van der Waals surface area contributed by atoms with Gasteiger partial charge in [-0.2, -0.15) is 5.10 Å². The third-order valence-electron chi connectivity index (χ3n) is 3.20. The number of terminal acetylenes is 1. The van der Waals surface area contributed by atoms with Gasteiger partial charge in [-0.25, -0.2) is 4.68 Å². The lowest BCUT2D eigenvalue weighted by atomic mass is 10.1. The second-order valence-corrected chi connectivity index (χ2v) is 4.69. The number of anilines is 1. The zero-order chi connectivity index (χ0) is 15.2. The van der Waals surface area contributed by atoms with E-state index in [-0.39, 0.29) is 11.9 Å². The summed E-state index contributed by atoms with van der Waals surface area (Å²) in [5.74, 6) is 2.33. The lowest BCUT2D eigenvalue weighted by molar-refractivity contribution is 0.0931. The molecule has 2 rings (SSSR count). The third-order valence-corrected chi connectivity index (χ3v) is 3.20. The number of hydrogen-bond donors (Lipinski definition) is 2. The summed E-state index contributed by atoms with van der Waals surface area (Å²) in [6.07, 6.45) is 8.28. The Bertz CT molecular complexity index is 669. The summed E-state index contributed by atoms with van der Waals surface area (Å²) in [5, 5.41) is 7.14. The van der Waals surface area contributed by atoms with Crippen LogP contribution in [0.4, 0.5) is 5.69 Å². The van der Waals surface area contributed by atoms with Crippen molar-refractivity contribution in [2.45, 2.75) is 25.8 Å². The Morgan fingerprint density at radius 3 is 2.90 bits per heavy atom. The van der Waals surface area contributed by atoms with E-state index in [1.807, 2.05) is 25.1 Å². The van der Waals surface area contributed by atoms with E-state index >= 15 is 0 Å². The van der Waals surface area contributed by atoms with Gasteiger partial charge in [0.1, 0.15) is 0 Å². The standard InChI is InChI=1S/C16H18N4O/c1-3-7-12(4-2)18-16(21)14-10-11-20(19-14)15-9-6-5-8-13(15)17/h1,5-6,8-12H,4,7,17H2,2H3,(H,18,21). The number of hydrogen-bond acceptors (Lipinski definition) is 3. The fourth-order valence-electron chi connectivity index (χ4n) is 1.97. The van der Waals surface area contributed by atoms with Crippen LogP contribution in [0.1, 0.15) is 30.3 Å². The maximum atomic E-state index is 12.1. The molecule has 5 heteroatoms. The predicted octanol–water partition coefficient (Wildman–Crippen LogP) is 1.99. The van der Waals surface area contributed by atoms with Crippen molar-refractivity contribution in [2.75, 3.05) is 5.73 Å². The Morgan fingerprint density at radius 1 is 1.48 bits per heavy atom. The van der Waals surface area contributed by atoms with Crippen molar-refractivity contribution >= 4 is 11.6 Å². The Balaban J connectivity index is 2.15. The van der Waals surface area contributed by atoms with Crippen LogP contribution in [0, 0.1) is 12.3 Å². The molecule has 1 aromatic carbocycles. The van der Waals surface area contributed by atoms with E-state index in [1.54, 1.807) is 23.0 Å². The van der Waals surface area contributed by atoms with Crippen molar-refractivity contribution < 1.29 is 4.79 Å². The van der Waals surface area contributed by atoms with Gasteiger partial charge in [0.2, 0.25) is 0 Å². The maximum absolute atomic E-state index is 12.1. The zero-order valence-corrected chi connectivity index (χ0v) is 11.9. The fraction of sp³-hybridized carbons (Fsp3) is 0.250. The summed E-state index contributed by atoms with van der Waals surface area (Å²) >= 11 is 0. The van der Waals surface area contributed by atoms with Crippen LogP contribution in [0.3, 0.4) is 0 Å². The predicted molar refractivity (Wildman–Crippen MR) is 83.0 cm³/mol. The fourth-order valence-corrected chi connectivity index (χ4v) is 1.97. The van der Waals surface area contributed by atoms with Gasteiger partial charge in [0.05, 0.1) is 11.4 Å². The lowest BCUT2D eigenvalue weighted by Gasteiger charge is -2.12. The highest BCUT2D eigenvalue weighted by atomic mass is 16.2. The molecule has 0 saturated carbocycles. The van der Waals surface area contributed by atoms with Crippen LogP contribution in [0.15, 0.2) is 36.5 Å². The van der Waals surface area contributed by atoms with Crippen LogP contribution in [0.5, 0.6) is 0 Å². The van der Waals surface area contributed by atoms with Crippen LogP contribution >= 0.6 is 0 Å². The van der Waals surface area contributed by atoms with E-state index in [9.17, 15) is 4.79 Å². The monoisotopic (exact) mass is 282 g/mol. The van der Waals surface area contributed by atoms with Gasteiger partial charge in [0.25, 0.3) is 5.91 Å². The highest BCUT2D eigenvalue weighted by molar-refractivity contribution is 5.92. The van der Waals surface area contributed by atoms with E-state index in [2.05, 4.69) is 16.3 Å². The van der Waals surface area contributed by atoms with Crippen LogP contribution in [0.25, 0.3) is 5.69 Å². The Kier molecular flexibility index (Phi) is 4.62. The first-order valence-electron chi connectivity index (χ1n) is 6.80. The highest BCUT2D eigenvalue weighted by Gasteiger charge is 2.14. The number of amides is 1. The maximum Gasteiger partial charge on any atom is 0.272 e. The van der Waals surface area contributed by atoms with Crippen molar-refractivity contribution in [3.8, 4) is 18.0 Å². The summed E-state index contributed by atoms with van der Waals surface area (Å²) in [4.78, 5) is 12.1. The molecule has 108 valence electrons. The zero-order valence-electron chi connectivity index (χ0n) is 11.9. The van der Waals surface area contributed by atoms with Crippen LogP contribution in [-0.4, -0.2) is 21.7 Å². The Labute approximate surface area is 124 Å². The molecule has 0 aliphatic rings. The number of aromatic nitrogens is 2. The van der Waals surface area contributed by atoms with E-state index in [0.717, 1.165) is 12.1 Å². The molecule has 3 N–H and O–H groups in total. The van der Waals surface area contributed by atoms with Crippen molar-refractivity contribution in [1.82, 2.24) is 15.1 Å². The first kappa shape index (κ1) is 14.7. The normalized spacial score (nSPS) is 11.6. The van der Waals surface area contributed by atoms with Gasteiger partial charge in [0.15, 0.2) is 5.69 Å². The number of nitrogens with zero attached hydrogens (tertiary/aromatic N) is 2. The summed E-state index contributed by atoms with van der Waals surface area (Å²) in [6, 6.07) is 8.97. The number of rotatable bonds is 5. The molecule has 2 aromatic rings. The van der Waals surface area contributed by atoms with Gasteiger partial charge in [0, 0.05) is 18.7 Å². The van der Waals surface area contributed by atoms with Gasteiger partial charge in [-0.05, 0) is 24.6 Å². The second kappa shape index (κ2) is 6.62. The molecule has 0 bridgehead atoms. The molecule has 0 aliphatic heterocycles. The van der Waals surface area contributed by atoms with Crippen LogP contribution in [0.2, 0.25) is 0 Å². The molecule has 1 unspecified atom stereocenters. The number of para-hydroxylation sites is 2. The molecule has 21 heavy (non-hydrogen) atoms. The minimum absolute atomic E-state index is 0.0329. The minimum atomic E-state index is -0.231. The molecule has 0 saturated heterocycles. The topological polar surface area (TPSA) is 72.9 Å². The SMILES string of the molecule is C#CCC(CC)NC(=O)c1ccn(-c2ccccc2N)n1. The molecule has 1 aromatic heterocycles. The van der Waals surface area contributed by atoms with Crippen LogP contribution < -0.4 is 11.1 Å². The van der Waals surface area contributed by atoms with Crippen molar-refractivity contribution in [3.05, 3.63) is 42.2 Å². The van der Waals surface area contributed by atoms with Crippen molar-refractivity contribution in [3.63, 3.8) is 0 Å². The number of benzene rings is 1. The van der Waals surface area contributed by atoms with Crippen LogP contribution in [-0.2, 0) is 0 Å². The van der Waals surface area contributed by atoms with Gasteiger partial charge in [-0.1, -0.05) is 19.1 Å². The van der Waals surface area contributed by atoms with E-state index in [4.69, 9.17) is 12.2 Å². The van der Waals surface area contributed by atoms with Gasteiger partial charge in [-0.15, -0.1) is 12.3 Å². The molecule has 1 heterocycles. The lowest BCUT2D eigenvalue weighted by Crippen LogP contribution is -2.34. The number of nitrogens with one attached hydrogen (secondary N) is 1. The van der Waals surface area contributed by atoms with E-state index < -0.39 is 0 Å². The second-order valence-electron chi connectivity index (χ2n) is 4.69. The first-order chi connectivity index (χ1) is 10.2. The molecule has 1 atom stereocenters. The average Bonchev–Trinajstić information content (AvgIpc) is 2.97. The minimum Gasteiger partial charge on any atom is -0.397 e. The first-order valence-corrected chi connectivity index (χ1v) is 6.80. The molecule has 0 aliphatic carbocycles. The van der Waals surface area contributed by atoms with Gasteiger partial charge >= 0.3 is 0 Å². The number of carbonyl (C=O) groups is 1. The number of nitrogens with two attached hydrogens (primary N) is 1. The molecule has 1 amide bonds. The quantitative estimate of drug-likeness (QED) is 0.650. The molecular weight excluding hydrogens is 264 g/mol. The molecule has 5 nitrogen and oxygen atoms in total. The van der Waals surface area contributed by atoms with E-state index in [1.165, 1.54) is 0 Å². The summed E-state index contributed by atoms with van der Waals surface area (Å²) < 4.78 is 1.59. The van der Waals surface area contributed by atoms with Crippen molar-refractivity contribution in [1.29, 1.82) is 0 Å². The average molecular weight is 282 g/mol. The summed E-state index contributed by atoms with van der Waals surface area (Å²) in [5.41, 5.74) is 7.58. The molecule has 0 radical (unpaired) electrons. The van der Waals surface area contributed by atoms with Crippen molar-refractivity contribution in [2.24, 2.45) is 0 Å². The number of carbonyl (C=O) groups excluding carboxylic acids is 1. The number of nitrogen functional groups attached to an aromatic ring is 1. The van der Waals surface area contributed by atoms with Gasteiger partial charge < -0.3 is 11.1 Å². The summed E-state index contributed by atoms with van der Waals surface area (Å²) in [6.45, 7) is 1.98. The van der Waals surface area contributed by atoms with Gasteiger partial charge in [-0.3, -0.25) is 4.79 Å².